The SMILES string of the molecule is CC1CCN(C(=O)Cc2cccc(F)c2)CC1Cl. The van der Waals surface area contributed by atoms with Gasteiger partial charge in [-0.15, -0.1) is 11.6 Å². The van der Waals surface area contributed by atoms with Gasteiger partial charge in [0.2, 0.25) is 5.91 Å². The summed E-state index contributed by atoms with van der Waals surface area (Å²) in [5, 5.41) is 0.0233. The van der Waals surface area contributed by atoms with E-state index >= 15 is 0 Å². The van der Waals surface area contributed by atoms with Crippen LogP contribution in [0.5, 0.6) is 0 Å². The first kappa shape index (κ1) is 13.3. The quantitative estimate of drug-likeness (QED) is 0.756. The lowest BCUT2D eigenvalue weighted by Gasteiger charge is -2.34. The summed E-state index contributed by atoms with van der Waals surface area (Å²) in [7, 11) is 0. The Labute approximate surface area is 112 Å². The second-order valence-electron chi connectivity index (χ2n) is 4.93. The summed E-state index contributed by atoms with van der Waals surface area (Å²) >= 11 is 6.18. The first-order valence-electron chi connectivity index (χ1n) is 6.22. The van der Waals surface area contributed by atoms with Gasteiger partial charge in [0, 0.05) is 13.1 Å². The summed E-state index contributed by atoms with van der Waals surface area (Å²) in [6.07, 6.45) is 1.18. The molecule has 0 saturated carbocycles. The average molecular weight is 270 g/mol. The topological polar surface area (TPSA) is 20.3 Å². The van der Waals surface area contributed by atoms with Crippen LogP contribution in [0, 0.1) is 11.7 Å². The molecule has 1 aliphatic heterocycles. The van der Waals surface area contributed by atoms with Gasteiger partial charge in [0.25, 0.3) is 0 Å². The van der Waals surface area contributed by atoms with Crippen molar-refractivity contribution in [3.63, 3.8) is 0 Å². The molecule has 2 rings (SSSR count). The summed E-state index contributed by atoms with van der Waals surface area (Å²) in [6, 6.07) is 6.18. The first-order valence-corrected chi connectivity index (χ1v) is 6.66. The molecule has 0 spiro atoms. The molecular formula is C14H17ClFNO. The number of hydrogen-bond acceptors (Lipinski definition) is 1. The average Bonchev–Trinajstić information content (AvgIpc) is 2.32. The van der Waals surface area contributed by atoms with E-state index in [1.54, 1.807) is 17.0 Å². The number of benzene rings is 1. The van der Waals surface area contributed by atoms with Gasteiger partial charge >= 0.3 is 0 Å². The van der Waals surface area contributed by atoms with Gasteiger partial charge in [-0.2, -0.15) is 0 Å². The molecule has 2 nitrogen and oxygen atoms in total. The van der Waals surface area contributed by atoms with Crippen LogP contribution >= 0.6 is 11.6 Å². The molecule has 1 aliphatic rings. The Hall–Kier alpha value is -1.09. The van der Waals surface area contributed by atoms with E-state index in [2.05, 4.69) is 6.92 Å². The lowest BCUT2D eigenvalue weighted by molar-refractivity contribution is -0.131. The van der Waals surface area contributed by atoms with Crippen LogP contribution in [0.2, 0.25) is 0 Å². The maximum atomic E-state index is 13.0. The van der Waals surface area contributed by atoms with Gasteiger partial charge < -0.3 is 4.90 Å². The number of carbonyl (C=O) groups excluding carboxylic acids is 1. The van der Waals surface area contributed by atoms with Crippen molar-refractivity contribution in [2.75, 3.05) is 13.1 Å². The highest BCUT2D eigenvalue weighted by molar-refractivity contribution is 6.21. The number of piperidine rings is 1. The molecule has 1 aromatic carbocycles. The van der Waals surface area contributed by atoms with Gasteiger partial charge in [0.05, 0.1) is 11.8 Å². The van der Waals surface area contributed by atoms with Crippen LogP contribution in [-0.2, 0) is 11.2 Å². The van der Waals surface area contributed by atoms with Crippen molar-refractivity contribution in [3.05, 3.63) is 35.6 Å². The van der Waals surface area contributed by atoms with Gasteiger partial charge in [0.15, 0.2) is 0 Å². The van der Waals surface area contributed by atoms with Gasteiger partial charge in [-0.1, -0.05) is 19.1 Å². The van der Waals surface area contributed by atoms with Crippen molar-refractivity contribution < 1.29 is 9.18 Å². The van der Waals surface area contributed by atoms with Gasteiger partial charge in [-0.3, -0.25) is 4.79 Å². The molecule has 0 radical (unpaired) electrons. The second kappa shape index (κ2) is 5.70. The number of likely N-dealkylation sites (tertiary alicyclic amines) is 1. The van der Waals surface area contributed by atoms with E-state index < -0.39 is 0 Å². The lowest BCUT2D eigenvalue weighted by Crippen LogP contribution is -2.44. The molecule has 1 aromatic rings. The fourth-order valence-corrected chi connectivity index (χ4v) is 2.47. The fraction of sp³-hybridized carbons (Fsp3) is 0.500. The largest absolute Gasteiger partial charge is 0.341 e. The van der Waals surface area contributed by atoms with Crippen LogP contribution < -0.4 is 0 Å². The molecule has 0 bridgehead atoms. The molecule has 98 valence electrons. The van der Waals surface area contributed by atoms with Crippen LogP contribution in [0.15, 0.2) is 24.3 Å². The number of amides is 1. The molecular weight excluding hydrogens is 253 g/mol. The van der Waals surface area contributed by atoms with E-state index in [1.165, 1.54) is 12.1 Å². The Kier molecular flexibility index (Phi) is 4.23. The zero-order valence-corrected chi connectivity index (χ0v) is 11.2. The zero-order chi connectivity index (χ0) is 13.1. The Morgan fingerprint density at radius 3 is 3.00 bits per heavy atom. The molecule has 0 aromatic heterocycles. The van der Waals surface area contributed by atoms with Crippen LogP contribution in [0.1, 0.15) is 18.9 Å². The Morgan fingerprint density at radius 1 is 1.56 bits per heavy atom. The minimum Gasteiger partial charge on any atom is -0.341 e. The minimum absolute atomic E-state index is 0.0233. The van der Waals surface area contributed by atoms with Crippen molar-refractivity contribution in [1.29, 1.82) is 0 Å². The highest BCUT2D eigenvalue weighted by atomic mass is 35.5. The number of halogens is 2. The smallest absolute Gasteiger partial charge is 0.227 e. The number of carbonyl (C=O) groups is 1. The molecule has 18 heavy (non-hydrogen) atoms. The summed E-state index contributed by atoms with van der Waals surface area (Å²) in [5.74, 6) is 0.172. The third-order valence-corrected chi connectivity index (χ3v) is 4.03. The predicted octanol–water partition coefficient (Wildman–Crippen LogP) is 2.84. The molecule has 0 aliphatic carbocycles. The zero-order valence-electron chi connectivity index (χ0n) is 10.4. The predicted molar refractivity (Wildman–Crippen MR) is 70.1 cm³/mol. The highest BCUT2D eigenvalue weighted by Crippen LogP contribution is 2.22. The van der Waals surface area contributed by atoms with E-state index in [0.29, 0.717) is 18.0 Å². The molecule has 2 atom stereocenters. The van der Waals surface area contributed by atoms with Crippen molar-refractivity contribution in [2.24, 2.45) is 5.92 Å². The van der Waals surface area contributed by atoms with E-state index in [4.69, 9.17) is 11.6 Å². The minimum atomic E-state index is -0.303. The van der Waals surface area contributed by atoms with Crippen molar-refractivity contribution in [1.82, 2.24) is 4.90 Å². The monoisotopic (exact) mass is 269 g/mol. The second-order valence-corrected chi connectivity index (χ2v) is 5.49. The third-order valence-electron chi connectivity index (χ3n) is 3.46. The normalized spacial score (nSPS) is 24.1. The van der Waals surface area contributed by atoms with Crippen LogP contribution in [-0.4, -0.2) is 29.3 Å². The Morgan fingerprint density at radius 2 is 2.33 bits per heavy atom. The van der Waals surface area contributed by atoms with Gasteiger partial charge in [-0.05, 0) is 30.0 Å². The fourth-order valence-electron chi connectivity index (χ4n) is 2.18. The molecule has 4 heteroatoms. The summed E-state index contributed by atoms with van der Waals surface area (Å²) in [6.45, 7) is 3.45. The van der Waals surface area contributed by atoms with Crippen molar-refractivity contribution in [3.8, 4) is 0 Å². The highest BCUT2D eigenvalue weighted by Gasteiger charge is 2.27. The van der Waals surface area contributed by atoms with Crippen LogP contribution in [0.25, 0.3) is 0 Å². The summed E-state index contributed by atoms with van der Waals surface area (Å²) in [5.41, 5.74) is 0.713. The lowest BCUT2D eigenvalue weighted by atomic mass is 9.98. The van der Waals surface area contributed by atoms with E-state index in [-0.39, 0.29) is 23.5 Å². The molecule has 1 amide bonds. The first-order chi connectivity index (χ1) is 8.56. The van der Waals surface area contributed by atoms with Crippen LogP contribution in [0.3, 0.4) is 0 Å². The van der Waals surface area contributed by atoms with Crippen molar-refractivity contribution >= 4 is 17.5 Å². The number of hydrogen-bond donors (Lipinski definition) is 0. The Balaban J connectivity index is 1.96. The van der Waals surface area contributed by atoms with Crippen molar-refractivity contribution in [2.45, 2.75) is 25.1 Å². The van der Waals surface area contributed by atoms with Crippen LogP contribution in [0.4, 0.5) is 4.39 Å². The summed E-state index contributed by atoms with van der Waals surface area (Å²) < 4.78 is 13.0. The molecule has 1 fully saturated rings. The third kappa shape index (κ3) is 3.22. The standard InChI is InChI=1S/C14H17ClFNO/c1-10-5-6-17(9-13(10)15)14(18)8-11-3-2-4-12(16)7-11/h2-4,7,10,13H,5-6,8-9H2,1H3. The maximum absolute atomic E-state index is 13.0. The molecule has 0 N–H and O–H groups in total. The molecule has 1 saturated heterocycles. The summed E-state index contributed by atoms with van der Waals surface area (Å²) in [4.78, 5) is 13.9. The number of alkyl halides is 1. The maximum Gasteiger partial charge on any atom is 0.227 e. The Bertz CT molecular complexity index is 438. The van der Waals surface area contributed by atoms with E-state index in [0.717, 1.165) is 13.0 Å². The molecule has 1 heterocycles. The number of rotatable bonds is 2. The van der Waals surface area contributed by atoms with E-state index in [1.807, 2.05) is 0 Å². The number of nitrogens with zero attached hydrogens (tertiary/aromatic N) is 1. The van der Waals surface area contributed by atoms with Gasteiger partial charge in [0.1, 0.15) is 5.82 Å². The van der Waals surface area contributed by atoms with E-state index in [9.17, 15) is 9.18 Å². The molecule has 2 unspecified atom stereocenters. The van der Waals surface area contributed by atoms with Gasteiger partial charge in [-0.25, -0.2) is 4.39 Å².